The molecule has 0 saturated heterocycles. The Morgan fingerprint density at radius 1 is 1.03 bits per heavy atom. The molecule has 6 nitrogen and oxygen atoms in total. The molecule has 0 atom stereocenters. The van der Waals surface area contributed by atoms with E-state index in [1.165, 1.54) is 0 Å². The number of fused-ring (bicyclic) bond motifs is 2. The number of nitrogens with one attached hydrogen (secondary N) is 1. The molecule has 2 amide bonds. The highest BCUT2D eigenvalue weighted by Crippen LogP contribution is 2.30. The smallest absolute Gasteiger partial charge is 0.260 e. The number of furan rings is 1. The Kier molecular flexibility index (Phi) is 5.07. The first-order chi connectivity index (χ1) is 15.5. The summed E-state index contributed by atoms with van der Waals surface area (Å²) in [7, 11) is 0. The molecular weight excluding hydrogens is 426 g/mol. The molecule has 3 heterocycles. The summed E-state index contributed by atoms with van der Waals surface area (Å²) in [5.74, 6) is 0.170. The lowest BCUT2D eigenvalue weighted by Gasteiger charge is -2.19. The molecule has 7 heteroatoms. The molecule has 4 aromatic rings. The number of aryl methyl sites for hydroxylation is 1. The van der Waals surface area contributed by atoms with E-state index in [0.717, 1.165) is 16.8 Å². The van der Waals surface area contributed by atoms with E-state index in [9.17, 15) is 9.59 Å². The second kappa shape index (κ2) is 8.05. The van der Waals surface area contributed by atoms with Gasteiger partial charge in [-0.1, -0.05) is 11.6 Å². The maximum Gasteiger partial charge on any atom is 0.260 e. The number of amides is 2. The van der Waals surface area contributed by atoms with E-state index in [0.29, 0.717) is 40.8 Å². The molecule has 0 radical (unpaired) electrons. The molecule has 5 rings (SSSR count). The van der Waals surface area contributed by atoms with E-state index in [-0.39, 0.29) is 11.8 Å². The average molecular weight is 446 g/mol. The molecule has 2 aromatic heterocycles. The lowest BCUT2D eigenvalue weighted by molar-refractivity contribution is 0.0979. The Morgan fingerprint density at radius 3 is 2.62 bits per heavy atom. The number of carbonyl (C=O) groups is 2. The highest BCUT2D eigenvalue weighted by Gasteiger charge is 2.27. The molecule has 0 fully saturated rings. The molecule has 1 N–H and O–H groups in total. The molecule has 32 heavy (non-hydrogen) atoms. The van der Waals surface area contributed by atoms with Crippen LogP contribution in [0.15, 0.2) is 77.5 Å². The van der Waals surface area contributed by atoms with E-state index >= 15 is 0 Å². The van der Waals surface area contributed by atoms with E-state index in [4.69, 9.17) is 16.0 Å². The molecule has 0 unspecified atom stereocenters. The van der Waals surface area contributed by atoms with Crippen molar-refractivity contribution in [2.75, 3.05) is 10.2 Å². The molecule has 0 saturated carbocycles. The van der Waals surface area contributed by atoms with Crippen molar-refractivity contribution in [3.8, 4) is 0 Å². The van der Waals surface area contributed by atoms with Crippen molar-refractivity contribution in [1.82, 2.24) is 4.57 Å². The normalized spacial score (nSPS) is 12.6. The number of anilines is 2. The van der Waals surface area contributed by atoms with E-state index < -0.39 is 0 Å². The van der Waals surface area contributed by atoms with Crippen LogP contribution in [0.5, 0.6) is 0 Å². The molecule has 160 valence electrons. The van der Waals surface area contributed by atoms with Crippen LogP contribution in [0.25, 0.3) is 0 Å². The lowest BCUT2D eigenvalue weighted by Crippen LogP contribution is -2.30. The molecular formula is C25H20ClN3O3. The van der Waals surface area contributed by atoms with Crippen molar-refractivity contribution in [2.24, 2.45) is 0 Å². The summed E-state index contributed by atoms with van der Waals surface area (Å²) in [5.41, 5.74) is 4.44. The van der Waals surface area contributed by atoms with Gasteiger partial charge in [-0.15, -0.1) is 0 Å². The number of nitrogens with zero attached hydrogens (tertiary/aromatic N) is 2. The first-order valence-electron chi connectivity index (χ1n) is 10.2. The number of benzene rings is 2. The highest BCUT2D eigenvalue weighted by molar-refractivity contribution is 6.30. The zero-order valence-electron chi connectivity index (χ0n) is 17.3. The van der Waals surface area contributed by atoms with Crippen LogP contribution < -0.4 is 10.2 Å². The Morgan fingerprint density at radius 2 is 1.84 bits per heavy atom. The van der Waals surface area contributed by atoms with Crippen LogP contribution in [0.4, 0.5) is 11.6 Å². The Labute approximate surface area is 190 Å². The number of hydrogen-bond acceptors (Lipinski definition) is 3. The zero-order valence-corrected chi connectivity index (χ0v) is 18.1. The number of halogens is 1. The van der Waals surface area contributed by atoms with Crippen molar-refractivity contribution in [1.29, 1.82) is 0 Å². The van der Waals surface area contributed by atoms with Crippen molar-refractivity contribution in [3.63, 3.8) is 0 Å². The van der Waals surface area contributed by atoms with Gasteiger partial charge in [0.25, 0.3) is 11.8 Å². The van der Waals surface area contributed by atoms with Crippen LogP contribution in [0.3, 0.4) is 0 Å². The fraction of sp³-hybridized carbons (Fsp3) is 0.120. The van der Waals surface area contributed by atoms with Crippen LogP contribution in [-0.2, 0) is 13.1 Å². The first-order valence-corrected chi connectivity index (χ1v) is 10.6. The third kappa shape index (κ3) is 3.69. The quantitative estimate of drug-likeness (QED) is 0.452. The minimum absolute atomic E-state index is 0.165. The summed E-state index contributed by atoms with van der Waals surface area (Å²) < 4.78 is 7.77. The van der Waals surface area contributed by atoms with Crippen molar-refractivity contribution in [2.45, 2.75) is 20.0 Å². The Balaban J connectivity index is 1.36. The monoisotopic (exact) mass is 445 g/mol. The maximum absolute atomic E-state index is 13.3. The minimum Gasteiger partial charge on any atom is -0.448 e. The summed E-state index contributed by atoms with van der Waals surface area (Å²) in [6, 6.07) is 17.9. The van der Waals surface area contributed by atoms with Gasteiger partial charge in [-0.3, -0.25) is 14.5 Å². The number of hydrogen-bond donors (Lipinski definition) is 1. The van der Waals surface area contributed by atoms with E-state index in [2.05, 4.69) is 9.88 Å². The van der Waals surface area contributed by atoms with Gasteiger partial charge in [-0.25, -0.2) is 0 Å². The largest absolute Gasteiger partial charge is 0.448 e. The summed E-state index contributed by atoms with van der Waals surface area (Å²) in [6.45, 7) is 2.91. The van der Waals surface area contributed by atoms with Crippen LogP contribution in [-0.4, -0.2) is 16.4 Å². The molecule has 1 aliphatic heterocycles. The summed E-state index contributed by atoms with van der Waals surface area (Å²) >= 11 is 5.97. The lowest BCUT2D eigenvalue weighted by atomic mass is 10.1. The topological polar surface area (TPSA) is 67.5 Å². The molecule has 0 aliphatic carbocycles. The van der Waals surface area contributed by atoms with E-state index in [1.807, 2.05) is 31.3 Å². The molecule has 0 spiro atoms. The van der Waals surface area contributed by atoms with Gasteiger partial charge in [0.05, 0.1) is 19.4 Å². The van der Waals surface area contributed by atoms with Crippen LogP contribution >= 0.6 is 11.6 Å². The number of aromatic nitrogens is 1. The van der Waals surface area contributed by atoms with Gasteiger partial charge in [-0.2, -0.15) is 0 Å². The van der Waals surface area contributed by atoms with Crippen molar-refractivity contribution < 1.29 is 14.0 Å². The predicted molar refractivity (Wildman–Crippen MR) is 123 cm³/mol. The highest BCUT2D eigenvalue weighted by atomic mass is 35.5. The Bertz CT molecular complexity index is 1320. The average Bonchev–Trinajstić information content (AvgIpc) is 3.39. The molecule has 2 aromatic carbocycles. The van der Waals surface area contributed by atoms with Crippen LogP contribution in [0.1, 0.15) is 37.5 Å². The maximum atomic E-state index is 13.3. The van der Waals surface area contributed by atoms with Crippen LogP contribution in [0, 0.1) is 6.92 Å². The van der Waals surface area contributed by atoms with E-state index in [1.54, 1.807) is 53.6 Å². The summed E-state index contributed by atoms with van der Waals surface area (Å²) in [6.07, 6.45) is 3.61. The van der Waals surface area contributed by atoms with Crippen molar-refractivity contribution >= 4 is 35.0 Å². The molecule has 0 bridgehead atoms. The summed E-state index contributed by atoms with van der Waals surface area (Å²) in [4.78, 5) is 27.6. The van der Waals surface area contributed by atoms with Gasteiger partial charge in [0, 0.05) is 39.3 Å². The molecule has 1 aliphatic rings. The first kappa shape index (κ1) is 20.2. The standard InChI is InChI=1S/C25H20ClN3O3/c1-16-13-19(26)6-9-22(16)23(30)27-20-7-4-17(5-8-20)24(31)29-15-21-3-2-11-28(21)14-18-10-12-32-25(18)29/h2-13H,14-15H2,1H3,(H,27,30). The van der Waals surface area contributed by atoms with Gasteiger partial charge in [0.1, 0.15) is 0 Å². The Hall–Kier alpha value is -3.77. The SMILES string of the molecule is Cc1cc(Cl)ccc1C(=O)Nc1ccc(C(=O)N2Cc3cccn3Cc3ccoc32)cc1. The van der Waals surface area contributed by atoms with Gasteiger partial charge in [0.15, 0.2) is 0 Å². The number of carbonyl (C=O) groups excluding carboxylic acids is 2. The van der Waals surface area contributed by atoms with Gasteiger partial charge in [-0.05, 0) is 73.2 Å². The van der Waals surface area contributed by atoms with Crippen molar-refractivity contribution in [3.05, 3.63) is 106 Å². The summed E-state index contributed by atoms with van der Waals surface area (Å²) in [5, 5.41) is 3.45. The minimum atomic E-state index is -0.230. The van der Waals surface area contributed by atoms with Crippen LogP contribution in [0.2, 0.25) is 5.02 Å². The van der Waals surface area contributed by atoms with Gasteiger partial charge >= 0.3 is 0 Å². The third-order valence-corrected chi connectivity index (χ3v) is 5.86. The zero-order chi connectivity index (χ0) is 22.2. The third-order valence-electron chi connectivity index (χ3n) is 5.62. The second-order valence-corrected chi connectivity index (χ2v) is 8.20. The second-order valence-electron chi connectivity index (χ2n) is 7.76. The van der Waals surface area contributed by atoms with Gasteiger partial charge < -0.3 is 14.3 Å². The fourth-order valence-electron chi connectivity index (χ4n) is 3.95. The number of rotatable bonds is 3. The predicted octanol–water partition coefficient (Wildman–Crippen LogP) is 5.50. The fourth-order valence-corrected chi connectivity index (χ4v) is 4.17. The van der Waals surface area contributed by atoms with Gasteiger partial charge in [0.2, 0.25) is 5.88 Å².